The number of benzene rings is 2. The molecule has 2 aromatic carbocycles. The molecule has 2 aromatic heterocycles. The standard InChI is InChI=1S/C27H28N2O4S/c1-17(2)32-12-6-11-29-26(31)21-9-3-4-10-23(21)28-27(29)34-16-20-15-25(30)33-24-14-19-8-5-7-18(19)13-22(20)24/h3-4,9-10,13-15,17H,5-8,11-12,16H2,1-2H3. The van der Waals surface area contributed by atoms with E-state index in [1.807, 2.05) is 44.2 Å². The third-order valence-electron chi connectivity index (χ3n) is 6.20. The molecule has 5 rings (SSSR count). The summed E-state index contributed by atoms with van der Waals surface area (Å²) < 4.78 is 12.9. The average molecular weight is 477 g/mol. The largest absolute Gasteiger partial charge is 0.423 e. The molecule has 0 unspecified atom stereocenters. The van der Waals surface area contributed by atoms with Gasteiger partial charge in [0.1, 0.15) is 5.58 Å². The van der Waals surface area contributed by atoms with Crippen LogP contribution >= 0.6 is 11.8 Å². The summed E-state index contributed by atoms with van der Waals surface area (Å²) in [5.74, 6) is 0.522. The van der Waals surface area contributed by atoms with E-state index in [1.165, 1.54) is 22.9 Å². The molecule has 0 bridgehead atoms. The van der Waals surface area contributed by atoms with Crippen LogP contribution in [0.5, 0.6) is 0 Å². The number of ether oxygens (including phenoxy) is 1. The molecule has 6 nitrogen and oxygen atoms in total. The maximum atomic E-state index is 13.3. The van der Waals surface area contributed by atoms with Crippen LogP contribution in [0.15, 0.2) is 61.6 Å². The lowest BCUT2D eigenvalue weighted by Crippen LogP contribution is -2.24. The third-order valence-corrected chi connectivity index (χ3v) is 7.23. The van der Waals surface area contributed by atoms with E-state index in [-0.39, 0.29) is 17.3 Å². The molecule has 176 valence electrons. The Hall–Kier alpha value is -2.90. The molecule has 1 aliphatic carbocycles. The minimum Gasteiger partial charge on any atom is -0.423 e. The number of hydrogen-bond donors (Lipinski definition) is 0. The first kappa shape index (κ1) is 22.9. The fraction of sp³-hybridized carbons (Fsp3) is 0.370. The molecule has 0 aliphatic heterocycles. The highest BCUT2D eigenvalue weighted by Gasteiger charge is 2.17. The number of rotatable bonds is 8. The van der Waals surface area contributed by atoms with Gasteiger partial charge in [0.15, 0.2) is 5.16 Å². The topological polar surface area (TPSA) is 74.3 Å². The van der Waals surface area contributed by atoms with Gasteiger partial charge in [0.2, 0.25) is 0 Å². The second-order valence-electron chi connectivity index (χ2n) is 8.99. The molecular weight excluding hydrogens is 448 g/mol. The summed E-state index contributed by atoms with van der Waals surface area (Å²) in [6.45, 7) is 5.11. The summed E-state index contributed by atoms with van der Waals surface area (Å²) in [4.78, 5) is 30.4. The van der Waals surface area contributed by atoms with Gasteiger partial charge < -0.3 is 9.15 Å². The summed E-state index contributed by atoms with van der Waals surface area (Å²) in [6, 6.07) is 13.2. The van der Waals surface area contributed by atoms with Crippen molar-refractivity contribution in [1.82, 2.24) is 9.55 Å². The summed E-state index contributed by atoms with van der Waals surface area (Å²) in [6.07, 6.45) is 4.09. The Morgan fingerprint density at radius 3 is 2.71 bits per heavy atom. The van der Waals surface area contributed by atoms with Crippen LogP contribution in [0.25, 0.3) is 21.9 Å². The Kier molecular flexibility index (Phi) is 6.57. The lowest BCUT2D eigenvalue weighted by Gasteiger charge is -2.14. The highest BCUT2D eigenvalue weighted by molar-refractivity contribution is 7.98. The van der Waals surface area contributed by atoms with Crippen molar-refractivity contribution < 1.29 is 9.15 Å². The highest BCUT2D eigenvalue weighted by atomic mass is 32.2. The van der Waals surface area contributed by atoms with Crippen molar-refractivity contribution in [2.24, 2.45) is 0 Å². The predicted molar refractivity (Wildman–Crippen MR) is 136 cm³/mol. The second-order valence-corrected chi connectivity index (χ2v) is 9.93. The normalized spacial score (nSPS) is 13.3. The highest BCUT2D eigenvalue weighted by Crippen LogP contribution is 2.31. The zero-order chi connectivity index (χ0) is 23.7. The van der Waals surface area contributed by atoms with Crippen LogP contribution in [-0.4, -0.2) is 22.3 Å². The van der Waals surface area contributed by atoms with Crippen LogP contribution in [0.4, 0.5) is 0 Å². The Morgan fingerprint density at radius 2 is 1.88 bits per heavy atom. The molecule has 2 heterocycles. The van der Waals surface area contributed by atoms with Crippen molar-refractivity contribution >= 4 is 33.6 Å². The minimum absolute atomic E-state index is 0.0482. The fourth-order valence-corrected chi connectivity index (χ4v) is 5.57. The number of para-hydroxylation sites is 1. The maximum Gasteiger partial charge on any atom is 0.336 e. The number of aromatic nitrogens is 2. The molecule has 1 aliphatic rings. The molecule has 0 N–H and O–H groups in total. The Labute approximate surface area is 202 Å². The van der Waals surface area contributed by atoms with E-state index >= 15 is 0 Å². The second kappa shape index (κ2) is 9.76. The average Bonchev–Trinajstić information content (AvgIpc) is 3.27. The van der Waals surface area contributed by atoms with Crippen molar-refractivity contribution in [2.45, 2.75) is 63.1 Å². The number of hydrogen-bond acceptors (Lipinski definition) is 6. The molecule has 0 saturated carbocycles. The summed E-state index contributed by atoms with van der Waals surface area (Å²) in [5, 5.41) is 2.22. The van der Waals surface area contributed by atoms with Crippen molar-refractivity contribution in [3.63, 3.8) is 0 Å². The summed E-state index contributed by atoms with van der Waals surface area (Å²) >= 11 is 1.48. The van der Waals surface area contributed by atoms with E-state index in [4.69, 9.17) is 14.1 Å². The van der Waals surface area contributed by atoms with Crippen LogP contribution in [0.1, 0.15) is 43.4 Å². The number of fused-ring (bicyclic) bond motifs is 3. The van der Waals surface area contributed by atoms with E-state index in [0.29, 0.717) is 40.5 Å². The van der Waals surface area contributed by atoms with Gasteiger partial charge in [-0.2, -0.15) is 0 Å². The number of thioether (sulfide) groups is 1. The predicted octanol–water partition coefficient (Wildman–Crippen LogP) is 5.10. The first-order valence-electron chi connectivity index (χ1n) is 11.8. The van der Waals surface area contributed by atoms with Crippen molar-refractivity contribution in [3.8, 4) is 0 Å². The maximum absolute atomic E-state index is 13.3. The van der Waals surface area contributed by atoms with Crippen molar-refractivity contribution in [1.29, 1.82) is 0 Å². The van der Waals surface area contributed by atoms with E-state index in [1.54, 1.807) is 10.6 Å². The zero-order valence-corrected chi connectivity index (χ0v) is 20.3. The third kappa shape index (κ3) is 4.68. The summed E-state index contributed by atoms with van der Waals surface area (Å²) in [7, 11) is 0. The molecule has 4 aromatic rings. The first-order valence-corrected chi connectivity index (χ1v) is 12.8. The molecule has 0 atom stereocenters. The number of aryl methyl sites for hydroxylation is 2. The van der Waals surface area contributed by atoms with Gasteiger partial charge in [-0.25, -0.2) is 9.78 Å². The Balaban J connectivity index is 1.49. The molecule has 0 saturated heterocycles. The Morgan fingerprint density at radius 1 is 1.09 bits per heavy atom. The van der Waals surface area contributed by atoms with E-state index in [2.05, 4.69) is 6.07 Å². The van der Waals surface area contributed by atoms with Gasteiger partial charge in [-0.1, -0.05) is 23.9 Å². The van der Waals surface area contributed by atoms with Crippen LogP contribution in [0, 0.1) is 0 Å². The van der Waals surface area contributed by atoms with E-state index in [9.17, 15) is 9.59 Å². The van der Waals surface area contributed by atoms with Gasteiger partial charge in [-0.05, 0) is 80.5 Å². The lowest BCUT2D eigenvalue weighted by atomic mass is 10.0. The molecule has 0 spiro atoms. The van der Waals surface area contributed by atoms with Crippen LogP contribution < -0.4 is 11.2 Å². The zero-order valence-electron chi connectivity index (χ0n) is 19.5. The quantitative estimate of drug-likeness (QED) is 0.152. The monoisotopic (exact) mass is 476 g/mol. The lowest BCUT2D eigenvalue weighted by molar-refractivity contribution is 0.0743. The van der Waals surface area contributed by atoms with Crippen LogP contribution in [0.3, 0.4) is 0 Å². The van der Waals surface area contributed by atoms with Gasteiger partial charge in [-0.3, -0.25) is 9.36 Å². The fourth-order valence-electron chi connectivity index (χ4n) is 4.55. The van der Waals surface area contributed by atoms with Crippen molar-refractivity contribution in [3.05, 3.63) is 79.9 Å². The minimum atomic E-state index is -0.351. The van der Waals surface area contributed by atoms with Crippen LogP contribution in [0.2, 0.25) is 0 Å². The SMILES string of the molecule is CC(C)OCCCn1c(SCc2cc(=O)oc3cc4c(cc23)CCC4)nc2ccccc2c1=O. The molecular formula is C27H28N2O4S. The molecule has 0 radical (unpaired) electrons. The molecule has 34 heavy (non-hydrogen) atoms. The van der Waals surface area contributed by atoms with Crippen LogP contribution in [-0.2, 0) is 29.9 Å². The molecule has 7 heteroatoms. The molecule has 0 amide bonds. The summed E-state index contributed by atoms with van der Waals surface area (Å²) in [5.41, 5.74) is 4.43. The Bertz CT molecular complexity index is 1470. The number of nitrogens with zero attached hydrogens (tertiary/aromatic N) is 2. The van der Waals surface area contributed by atoms with E-state index < -0.39 is 0 Å². The van der Waals surface area contributed by atoms with Gasteiger partial charge >= 0.3 is 5.63 Å². The smallest absolute Gasteiger partial charge is 0.336 e. The molecule has 0 fully saturated rings. The first-order chi connectivity index (χ1) is 16.5. The van der Waals surface area contributed by atoms with Gasteiger partial charge in [0.25, 0.3) is 5.56 Å². The van der Waals surface area contributed by atoms with Gasteiger partial charge in [0, 0.05) is 30.4 Å². The van der Waals surface area contributed by atoms with Gasteiger partial charge in [-0.15, -0.1) is 0 Å². The van der Waals surface area contributed by atoms with Gasteiger partial charge in [0.05, 0.1) is 17.0 Å². The van der Waals surface area contributed by atoms with E-state index in [0.717, 1.165) is 36.6 Å². The van der Waals surface area contributed by atoms with Crippen molar-refractivity contribution in [2.75, 3.05) is 6.61 Å².